The number of benzene rings is 4. The Morgan fingerprint density at radius 2 is 0.667 bits per heavy atom. The van der Waals surface area contributed by atoms with Crippen LogP contribution in [0.15, 0.2) is 48.5 Å². The van der Waals surface area contributed by atoms with Crippen molar-refractivity contribution in [2.45, 2.75) is 130 Å². The number of hydrogen-bond acceptors (Lipinski definition) is 5. The Balaban J connectivity index is 1.93. The first-order valence-corrected chi connectivity index (χ1v) is 18.2. The maximum atomic E-state index is 12.1. The summed E-state index contributed by atoms with van der Waals surface area (Å²) in [7, 11) is 0. The minimum atomic E-state index is -0.206. The minimum absolute atomic E-state index is 0.128. The molecule has 5 rings (SSSR count). The van der Waals surface area contributed by atoms with Crippen molar-refractivity contribution in [1.82, 2.24) is 0 Å². The molecule has 0 fully saturated rings. The fourth-order valence-electron chi connectivity index (χ4n) is 6.95. The number of nitriles is 1. The Morgan fingerprint density at radius 1 is 0.451 bits per heavy atom. The zero-order valence-electron chi connectivity index (χ0n) is 32.9. The lowest BCUT2D eigenvalue weighted by molar-refractivity contribution is 0.360. The summed E-state index contributed by atoms with van der Waals surface area (Å²) in [5.74, 6) is 1.19. The molecule has 5 nitrogen and oxygen atoms in total. The smallest absolute Gasteiger partial charge is 0.174 e. The molecule has 0 radical (unpaired) electrons. The predicted octanol–water partition coefficient (Wildman–Crippen LogP) is 10.6. The number of phenolic OH excluding ortho intramolecular Hbond substituents is 3. The normalized spacial score (nSPS) is 13.9. The summed E-state index contributed by atoms with van der Waals surface area (Å²) in [6.45, 7) is 25.9. The van der Waals surface area contributed by atoms with E-state index in [1.807, 2.05) is 0 Å². The average Bonchev–Trinajstić information content (AvgIpc) is 2.99. The number of aromatic hydroxyl groups is 3. The first kappa shape index (κ1) is 37.8. The van der Waals surface area contributed by atoms with Crippen LogP contribution in [0, 0.1) is 11.3 Å². The largest absolute Gasteiger partial charge is 0.507 e. The lowest BCUT2D eigenvalue weighted by Gasteiger charge is -2.27. The van der Waals surface area contributed by atoms with Crippen LogP contribution in [0.4, 0.5) is 0 Å². The van der Waals surface area contributed by atoms with Crippen LogP contribution in [-0.4, -0.2) is 21.9 Å². The van der Waals surface area contributed by atoms with Crippen molar-refractivity contribution < 1.29 is 20.1 Å². The fourth-order valence-corrected chi connectivity index (χ4v) is 6.95. The summed E-state index contributed by atoms with van der Waals surface area (Å²) < 4.78 is 6.29. The van der Waals surface area contributed by atoms with Crippen LogP contribution in [0.3, 0.4) is 0 Å². The van der Waals surface area contributed by atoms with Crippen molar-refractivity contribution in [1.29, 1.82) is 5.26 Å². The molecule has 0 saturated heterocycles. The fraction of sp³-hybridized carbons (Fsp3) is 0.457. The minimum Gasteiger partial charge on any atom is -0.507 e. The number of fused-ring (bicyclic) bond motifs is 8. The van der Waals surface area contributed by atoms with Gasteiger partial charge in [0, 0.05) is 25.7 Å². The third-order valence-electron chi connectivity index (χ3n) is 10.3. The maximum absolute atomic E-state index is 12.1. The highest BCUT2D eigenvalue weighted by Crippen LogP contribution is 2.43. The standard InChI is InChI=1S/C46H57NO4/c1-43(2,3)35-19-27-15-29-21-36(44(4,5)6)23-31(40(29)49)17-33-25-38(46(10,11)12)26-34(42(33)51-14-13-47)18-32-24-37(45(7,8)9)22-30(41(32)50)16-28(20-35)39(27)48/h19-26,48-50H,14-18H2,1-12H3. The van der Waals surface area contributed by atoms with Crippen molar-refractivity contribution in [2.75, 3.05) is 6.61 Å². The molecule has 0 heterocycles. The van der Waals surface area contributed by atoms with Gasteiger partial charge in [0.05, 0.1) is 0 Å². The van der Waals surface area contributed by atoms with Gasteiger partial charge >= 0.3 is 0 Å². The Labute approximate surface area is 306 Å². The zero-order chi connectivity index (χ0) is 37.8. The van der Waals surface area contributed by atoms with Gasteiger partial charge in [-0.25, -0.2) is 0 Å². The van der Waals surface area contributed by atoms with E-state index in [2.05, 4.69) is 138 Å². The lowest BCUT2D eigenvalue weighted by atomic mass is 9.79. The van der Waals surface area contributed by atoms with E-state index in [-0.39, 0.29) is 45.5 Å². The molecule has 3 N–H and O–H groups in total. The highest BCUT2D eigenvalue weighted by molar-refractivity contribution is 5.59. The summed E-state index contributed by atoms with van der Waals surface area (Å²) >= 11 is 0. The molecule has 0 atom stereocenters. The van der Waals surface area contributed by atoms with Gasteiger partial charge in [0.1, 0.15) is 29.1 Å². The van der Waals surface area contributed by atoms with Gasteiger partial charge in [-0.05, 0) is 88.4 Å². The molecular formula is C46H57NO4. The molecule has 4 aromatic carbocycles. The molecule has 0 aromatic heterocycles. The van der Waals surface area contributed by atoms with E-state index in [1.165, 1.54) is 0 Å². The van der Waals surface area contributed by atoms with Crippen molar-refractivity contribution >= 4 is 0 Å². The molecular weight excluding hydrogens is 631 g/mol. The van der Waals surface area contributed by atoms with Gasteiger partial charge < -0.3 is 20.1 Å². The molecule has 1 aliphatic rings. The zero-order valence-corrected chi connectivity index (χ0v) is 32.9. The second-order valence-electron chi connectivity index (χ2n) is 18.7. The summed E-state index contributed by atoms with van der Waals surface area (Å²) in [5.41, 5.74) is 9.74. The summed E-state index contributed by atoms with van der Waals surface area (Å²) in [6, 6.07) is 18.9. The number of rotatable bonds is 2. The van der Waals surface area contributed by atoms with Gasteiger partial charge in [0.2, 0.25) is 0 Å². The summed E-state index contributed by atoms with van der Waals surface area (Å²) in [5, 5.41) is 45.8. The Morgan fingerprint density at radius 3 is 0.882 bits per heavy atom. The maximum Gasteiger partial charge on any atom is 0.174 e. The van der Waals surface area contributed by atoms with Crippen LogP contribution in [0.25, 0.3) is 0 Å². The Kier molecular flexibility index (Phi) is 9.85. The molecule has 0 spiro atoms. The quantitative estimate of drug-likeness (QED) is 0.172. The molecule has 1 aliphatic carbocycles. The second-order valence-corrected chi connectivity index (χ2v) is 18.7. The van der Waals surface area contributed by atoms with Crippen LogP contribution < -0.4 is 4.74 Å². The third kappa shape index (κ3) is 8.06. The van der Waals surface area contributed by atoms with Crippen molar-refractivity contribution in [3.63, 3.8) is 0 Å². The first-order valence-electron chi connectivity index (χ1n) is 18.2. The molecule has 51 heavy (non-hydrogen) atoms. The molecule has 0 aliphatic heterocycles. The van der Waals surface area contributed by atoms with Crippen molar-refractivity contribution in [3.05, 3.63) is 115 Å². The van der Waals surface area contributed by atoms with E-state index in [9.17, 15) is 20.6 Å². The molecule has 270 valence electrons. The average molecular weight is 688 g/mol. The predicted molar refractivity (Wildman–Crippen MR) is 208 cm³/mol. The molecule has 5 heteroatoms. The Hall–Kier alpha value is -4.43. The molecule has 8 bridgehead atoms. The van der Waals surface area contributed by atoms with Crippen LogP contribution in [0.5, 0.6) is 23.0 Å². The molecule has 4 aromatic rings. The van der Waals surface area contributed by atoms with E-state index < -0.39 is 0 Å². The van der Waals surface area contributed by atoms with Gasteiger partial charge in [0.25, 0.3) is 0 Å². The van der Waals surface area contributed by atoms with Crippen LogP contribution in [0.2, 0.25) is 0 Å². The van der Waals surface area contributed by atoms with E-state index >= 15 is 0 Å². The van der Waals surface area contributed by atoms with Gasteiger partial charge in [-0.15, -0.1) is 0 Å². The number of nitrogens with zero attached hydrogens (tertiary/aromatic N) is 1. The van der Waals surface area contributed by atoms with E-state index in [1.54, 1.807) is 0 Å². The van der Waals surface area contributed by atoms with E-state index in [0.717, 1.165) is 66.8 Å². The van der Waals surface area contributed by atoms with E-state index in [0.29, 0.717) is 31.4 Å². The second kappa shape index (κ2) is 13.3. The SMILES string of the molecule is CC(C)(C)c1cc2c(O)c(c1)Cc1cc(C(C)(C)C)cc(c1O)Cc1cc(C(C)(C)C)cc(c1OCC#N)Cc1cc(C(C)(C)C)cc(c1O)C2. The monoisotopic (exact) mass is 687 g/mol. The van der Waals surface area contributed by atoms with Gasteiger partial charge in [-0.2, -0.15) is 5.26 Å². The molecule has 0 saturated carbocycles. The first-order chi connectivity index (χ1) is 23.5. The van der Waals surface area contributed by atoms with Crippen LogP contribution in [-0.2, 0) is 47.3 Å². The highest BCUT2D eigenvalue weighted by Gasteiger charge is 2.28. The van der Waals surface area contributed by atoms with Crippen LogP contribution >= 0.6 is 0 Å². The van der Waals surface area contributed by atoms with Crippen LogP contribution in [0.1, 0.15) is 150 Å². The van der Waals surface area contributed by atoms with E-state index in [4.69, 9.17) is 4.74 Å². The van der Waals surface area contributed by atoms with Gasteiger partial charge in [-0.1, -0.05) is 132 Å². The van der Waals surface area contributed by atoms with Gasteiger partial charge in [-0.3, -0.25) is 0 Å². The topological polar surface area (TPSA) is 93.7 Å². The molecule has 0 unspecified atom stereocenters. The number of hydrogen-bond donors (Lipinski definition) is 3. The summed E-state index contributed by atoms with van der Waals surface area (Å²) in [6.07, 6.45) is 1.41. The number of ether oxygens (including phenoxy) is 1. The number of phenols is 3. The third-order valence-corrected chi connectivity index (χ3v) is 10.3. The highest BCUT2D eigenvalue weighted by atomic mass is 16.5. The lowest BCUT2D eigenvalue weighted by Crippen LogP contribution is -2.16. The van der Waals surface area contributed by atoms with Crippen molar-refractivity contribution in [3.8, 4) is 29.1 Å². The Bertz CT molecular complexity index is 1900. The molecule has 0 amide bonds. The van der Waals surface area contributed by atoms with Crippen molar-refractivity contribution in [2.24, 2.45) is 0 Å². The van der Waals surface area contributed by atoms with Gasteiger partial charge in [0.15, 0.2) is 6.61 Å². The summed E-state index contributed by atoms with van der Waals surface area (Å²) in [4.78, 5) is 0.